The molecule has 7 nitrogen and oxygen atoms in total. The highest BCUT2D eigenvalue weighted by Crippen LogP contribution is 2.25. The summed E-state index contributed by atoms with van der Waals surface area (Å²) in [4.78, 5) is 17.8. The number of hydrogen-bond acceptors (Lipinski definition) is 6. The minimum absolute atomic E-state index is 0.0444. The third-order valence-corrected chi connectivity index (χ3v) is 5.55. The number of ether oxygens (including phenoxy) is 2. The van der Waals surface area contributed by atoms with E-state index in [1.54, 1.807) is 12.1 Å². The van der Waals surface area contributed by atoms with E-state index < -0.39 is 0 Å². The van der Waals surface area contributed by atoms with Gasteiger partial charge in [-0.1, -0.05) is 12.1 Å². The predicted molar refractivity (Wildman–Crippen MR) is 111 cm³/mol. The van der Waals surface area contributed by atoms with Gasteiger partial charge in [0.1, 0.15) is 5.82 Å². The summed E-state index contributed by atoms with van der Waals surface area (Å²) in [5.41, 5.74) is 0.507. The van der Waals surface area contributed by atoms with E-state index in [0.29, 0.717) is 37.7 Å². The first kappa shape index (κ1) is 20.6. The fourth-order valence-electron chi connectivity index (χ4n) is 3.21. The molecule has 1 atom stereocenters. The van der Waals surface area contributed by atoms with E-state index in [1.807, 2.05) is 17.5 Å². The van der Waals surface area contributed by atoms with E-state index >= 15 is 0 Å². The minimum atomic E-state index is -0.380. The molecule has 0 aliphatic carbocycles. The molecule has 0 spiro atoms. The number of thiophene rings is 1. The number of hydrogen-bond donors (Lipinski definition) is 1. The van der Waals surface area contributed by atoms with Crippen molar-refractivity contribution in [2.75, 3.05) is 26.4 Å². The van der Waals surface area contributed by atoms with Gasteiger partial charge in [0.25, 0.3) is 5.91 Å². The normalized spacial score (nSPS) is 16.1. The molecule has 9 heteroatoms. The van der Waals surface area contributed by atoms with Crippen LogP contribution in [0.25, 0.3) is 16.4 Å². The molecule has 0 radical (unpaired) electrons. The summed E-state index contributed by atoms with van der Waals surface area (Å²) in [7, 11) is 0. The first-order valence-electron chi connectivity index (χ1n) is 9.95. The second-order valence-electron chi connectivity index (χ2n) is 6.95. The van der Waals surface area contributed by atoms with E-state index in [-0.39, 0.29) is 23.7 Å². The van der Waals surface area contributed by atoms with Crippen molar-refractivity contribution in [3.63, 3.8) is 0 Å². The van der Waals surface area contributed by atoms with Crippen molar-refractivity contribution in [1.29, 1.82) is 0 Å². The van der Waals surface area contributed by atoms with Gasteiger partial charge < -0.3 is 14.8 Å². The van der Waals surface area contributed by atoms with Crippen LogP contribution in [0.15, 0.2) is 41.8 Å². The van der Waals surface area contributed by atoms with Gasteiger partial charge in [-0.15, -0.1) is 16.4 Å². The van der Waals surface area contributed by atoms with Gasteiger partial charge in [-0.05, 0) is 48.9 Å². The van der Waals surface area contributed by atoms with Gasteiger partial charge in [-0.2, -0.15) is 0 Å². The molecule has 1 amide bonds. The number of halogens is 1. The summed E-state index contributed by atoms with van der Waals surface area (Å²) in [6.07, 6.45) is 3.02. The zero-order chi connectivity index (χ0) is 20.8. The van der Waals surface area contributed by atoms with Gasteiger partial charge in [-0.3, -0.25) is 4.79 Å². The Hall–Kier alpha value is -2.62. The summed E-state index contributed by atoms with van der Waals surface area (Å²) in [5.74, 6) is -0.209. The SMILES string of the molecule is O=C(NCCCOCC1CCCO1)c1nc(-c2cccs2)n(-c2cccc(F)c2)n1. The molecular weight excluding hydrogens is 407 g/mol. The van der Waals surface area contributed by atoms with E-state index in [9.17, 15) is 9.18 Å². The van der Waals surface area contributed by atoms with Gasteiger partial charge in [0, 0.05) is 19.8 Å². The van der Waals surface area contributed by atoms with Gasteiger partial charge in [-0.25, -0.2) is 14.1 Å². The van der Waals surface area contributed by atoms with Gasteiger partial charge in [0.2, 0.25) is 5.82 Å². The Bertz CT molecular complexity index is 971. The Balaban J connectivity index is 1.37. The highest BCUT2D eigenvalue weighted by Gasteiger charge is 2.19. The quantitative estimate of drug-likeness (QED) is 0.526. The molecule has 1 unspecified atom stereocenters. The highest BCUT2D eigenvalue weighted by atomic mass is 32.1. The number of nitrogens with zero attached hydrogens (tertiary/aromatic N) is 3. The van der Waals surface area contributed by atoms with Crippen LogP contribution in [0.5, 0.6) is 0 Å². The Labute approximate surface area is 177 Å². The monoisotopic (exact) mass is 430 g/mol. The molecule has 1 N–H and O–H groups in total. The Morgan fingerprint density at radius 3 is 3.07 bits per heavy atom. The lowest BCUT2D eigenvalue weighted by molar-refractivity contribution is 0.0166. The Morgan fingerprint density at radius 2 is 2.30 bits per heavy atom. The first-order chi connectivity index (χ1) is 14.7. The summed E-state index contributed by atoms with van der Waals surface area (Å²) >= 11 is 1.48. The van der Waals surface area contributed by atoms with Gasteiger partial charge in [0.05, 0.1) is 23.3 Å². The van der Waals surface area contributed by atoms with Crippen LogP contribution in [-0.2, 0) is 9.47 Å². The van der Waals surface area contributed by atoms with Crippen molar-refractivity contribution in [3.8, 4) is 16.4 Å². The third kappa shape index (κ3) is 5.10. The molecule has 0 saturated carbocycles. The molecule has 0 bridgehead atoms. The molecule has 158 valence electrons. The molecule has 3 aromatic rings. The molecule has 1 aromatic carbocycles. The molecule has 3 heterocycles. The number of amides is 1. The van der Waals surface area contributed by atoms with Crippen molar-refractivity contribution in [2.45, 2.75) is 25.4 Å². The van der Waals surface area contributed by atoms with Crippen molar-refractivity contribution in [2.24, 2.45) is 0 Å². The topological polar surface area (TPSA) is 78.3 Å². The van der Waals surface area contributed by atoms with Crippen LogP contribution in [0.4, 0.5) is 4.39 Å². The average Bonchev–Trinajstić information content (AvgIpc) is 3.51. The maximum Gasteiger partial charge on any atom is 0.290 e. The maximum atomic E-state index is 13.7. The lowest BCUT2D eigenvalue weighted by atomic mass is 10.2. The largest absolute Gasteiger partial charge is 0.379 e. The van der Waals surface area contributed by atoms with E-state index in [2.05, 4.69) is 15.4 Å². The van der Waals surface area contributed by atoms with Crippen LogP contribution < -0.4 is 5.32 Å². The number of carbonyl (C=O) groups excluding carboxylic acids is 1. The summed E-state index contributed by atoms with van der Waals surface area (Å²) < 4.78 is 26.3. The van der Waals surface area contributed by atoms with Crippen molar-refractivity contribution >= 4 is 17.2 Å². The third-order valence-electron chi connectivity index (χ3n) is 4.68. The van der Waals surface area contributed by atoms with Crippen LogP contribution >= 0.6 is 11.3 Å². The lowest BCUT2D eigenvalue weighted by Gasteiger charge is -2.09. The zero-order valence-corrected chi connectivity index (χ0v) is 17.2. The second kappa shape index (κ2) is 9.92. The van der Waals surface area contributed by atoms with Crippen LogP contribution in [0.1, 0.15) is 29.9 Å². The molecule has 1 aliphatic rings. The van der Waals surface area contributed by atoms with E-state index in [1.165, 1.54) is 28.2 Å². The molecule has 1 aliphatic heterocycles. The van der Waals surface area contributed by atoms with Gasteiger partial charge in [0.15, 0.2) is 5.82 Å². The van der Waals surface area contributed by atoms with Crippen LogP contribution in [-0.4, -0.2) is 53.1 Å². The fourth-order valence-corrected chi connectivity index (χ4v) is 3.91. The van der Waals surface area contributed by atoms with Crippen LogP contribution in [0.3, 0.4) is 0 Å². The Kier molecular flexibility index (Phi) is 6.83. The van der Waals surface area contributed by atoms with Gasteiger partial charge >= 0.3 is 0 Å². The molecule has 30 heavy (non-hydrogen) atoms. The number of rotatable bonds is 9. The summed E-state index contributed by atoms with van der Waals surface area (Å²) in [6, 6.07) is 9.82. The minimum Gasteiger partial charge on any atom is -0.379 e. The van der Waals surface area contributed by atoms with Crippen molar-refractivity contribution in [1.82, 2.24) is 20.1 Å². The molecule has 1 fully saturated rings. The Morgan fingerprint density at radius 1 is 1.37 bits per heavy atom. The number of benzene rings is 1. The standard InChI is InChI=1S/C21H23FN4O3S/c22-15-5-1-6-16(13-15)26-20(18-8-3-12-30-18)24-19(25-26)21(27)23-9-4-10-28-14-17-7-2-11-29-17/h1,3,5-6,8,12-13,17H,2,4,7,9-11,14H2,(H,23,27). The van der Waals surface area contributed by atoms with Crippen LogP contribution in [0.2, 0.25) is 0 Å². The first-order valence-corrected chi connectivity index (χ1v) is 10.8. The summed E-state index contributed by atoms with van der Waals surface area (Å²) in [5, 5.41) is 9.06. The molecule has 2 aromatic heterocycles. The fraction of sp³-hybridized carbons (Fsp3) is 0.381. The summed E-state index contributed by atoms with van der Waals surface area (Å²) in [6.45, 7) is 2.41. The predicted octanol–water partition coefficient (Wildman–Crippen LogP) is 3.45. The number of carbonyl (C=O) groups is 1. The number of nitrogens with one attached hydrogen (secondary N) is 1. The maximum absolute atomic E-state index is 13.7. The smallest absolute Gasteiger partial charge is 0.290 e. The molecular formula is C21H23FN4O3S. The molecule has 4 rings (SSSR count). The second-order valence-corrected chi connectivity index (χ2v) is 7.90. The number of aromatic nitrogens is 3. The van der Waals surface area contributed by atoms with Crippen LogP contribution in [0, 0.1) is 5.82 Å². The zero-order valence-electron chi connectivity index (χ0n) is 16.4. The van der Waals surface area contributed by atoms with Crippen molar-refractivity contribution in [3.05, 3.63) is 53.4 Å². The molecule has 1 saturated heterocycles. The average molecular weight is 431 g/mol. The van der Waals surface area contributed by atoms with E-state index in [4.69, 9.17) is 9.47 Å². The highest BCUT2D eigenvalue weighted by molar-refractivity contribution is 7.13. The lowest BCUT2D eigenvalue weighted by Crippen LogP contribution is -2.27. The van der Waals surface area contributed by atoms with E-state index in [0.717, 1.165) is 24.3 Å². The van der Waals surface area contributed by atoms with Crippen molar-refractivity contribution < 1.29 is 18.7 Å².